The van der Waals surface area contributed by atoms with Gasteiger partial charge in [-0.2, -0.15) is 0 Å². The van der Waals surface area contributed by atoms with Crippen LogP contribution in [0.15, 0.2) is 12.4 Å². The molecule has 5 heteroatoms. The summed E-state index contributed by atoms with van der Waals surface area (Å²) >= 11 is 4.84. The van der Waals surface area contributed by atoms with Crippen LogP contribution in [-0.4, -0.2) is 21.5 Å². The third kappa shape index (κ3) is 3.38. The molecule has 0 amide bonds. The molecule has 0 radical (unpaired) electrons. The number of nitrogens with one attached hydrogen (secondary N) is 1. The van der Waals surface area contributed by atoms with Crippen molar-refractivity contribution in [1.82, 2.24) is 9.97 Å². The van der Waals surface area contributed by atoms with Crippen LogP contribution in [0, 0.1) is 5.41 Å². The van der Waals surface area contributed by atoms with Crippen molar-refractivity contribution in [3.8, 4) is 0 Å². The smallest absolute Gasteiger partial charge is 0.144 e. The molecule has 0 aromatic carbocycles. The fourth-order valence-corrected chi connectivity index (χ4v) is 2.54. The highest BCUT2D eigenvalue weighted by Gasteiger charge is 2.26. The number of hydrogen-bond acceptors (Lipinski definition) is 4. The molecular weight excluding hydrogens is 244 g/mol. The molecule has 0 atom stereocenters. The van der Waals surface area contributed by atoms with Crippen LogP contribution in [0.25, 0.3) is 0 Å². The Morgan fingerprint density at radius 2 is 2.06 bits per heavy atom. The fourth-order valence-electron chi connectivity index (χ4n) is 2.43. The van der Waals surface area contributed by atoms with Crippen molar-refractivity contribution in [3.05, 3.63) is 18.1 Å². The van der Waals surface area contributed by atoms with Gasteiger partial charge >= 0.3 is 0 Å². The number of nitrogens with two attached hydrogens (primary N) is 1. The number of rotatable bonds is 4. The van der Waals surface area contributed by atoms with Gasteiger partial charge in [0.15, 0.2) is 0 Å². The van der Waals surface area contributed by atoms with E-state index in [9.17, 15) is 0 Å². The minimum atomic E-state index is 0.285. The second kappa shape index (κ2) is 5.61. The van der Waals surface area contributed by atoms with E-state index in [2.05, 4.69) is 22.2 Å². The highest BCUT2D eigenvalue weighted by molar-refractivity contribution is 7.80. The maximum absolute atomic E-state index is 5.48. The van der Waals surface area contributed by atoms with Gasteiger partial charge in [0.2, 0.25) is 0 Å². The molecule has 1 aromatic rings. The summed E-state index contributed by atoms with van der Waals surface area (Å²) in [5.41, 5.74) is 6.44. The van der Waals surface area contributed by atoms with E-state index < -0.39 is 0 Å². The maximum atomic E-state index is 5.48. The molecule has 0 aliphatic heterocycles. The molecule has 98 valence electrons. The molecule has 2 rings (SSSR count). The van der Waals surface area contributed by atoms with E-state index >= 15 is 0 Å². The third-order valence-electron chi connectivity index (χ3n) is 3.66. The Balaban J connectivity index is 1.91. The van der Waals surface area contributed by atoms with Gasteiger partial charge in [0.25, 0.3) is 0 Å². The third-order valence-corrected chi connectivity index (χ3v) is 3.87. The summed E-state index contributed by atoms with van der Waals surface area (Å²) in [6, 6.07) is 0. The summed E-state index contributed by atoms with van der Waals surface area (Å²) in [5, 5.41) is 3.36. The summed E-state index contributed by atoms with van der Waals surface area (Å²) < 4.78 is 0. The van der Waals surface area contributed by atoms with E-state index in [1.807, 2.05) is 0 Å². The van der Waals surface area contributed by atoms with E-state index in [-0.39, 0.29) is 4.99 Å². The Kier molecular flexibility index (Phi) is 4.11. The standard InChI is InChI=1S/C13H20N4S/c1-13(5-3-2-4-6-13)9-17-11-8-15-10(7-16-11)12(14)18/h7-8H,2-6,9H2,1H3,(H2,14,18)(H,16,17). The zero-order chi connectivity index (χ0) is 13.0. The first-order valence-electron chi connectivity index (χ1n) is 6.45. The van der Waals surface area contributed by atoms with Crippen molar-refractivity contribution in [1.29, 1.82) is 0 Å². The van der Waals surface area contributed by atoms with Gasteiger partial charge in [0.1, 0.15) is 16.5 Å². The molecule has 18 heavy (non-hydrogen) atoms. The Labute approximate surface area is 113 Å². The van der Waals surface area contributed by atoms with Crippen molar-refractivity contribution in [3.63, 3.8) is 0 Å². The molecule has 1 aliphatic rings. The lowest BCUT2D eigenvalue weighted by molar-refractivity contribution is 0.233. The average Bonchev–Trinajstić information content (AvgIpc) is 2.38. The molecule has 0 unspecified atom stereocenters. The average molecular weight is 264 g/mol. The van der Waals surface area contributed by atoms with Crippen LogP contribution in [0.2, 0.25) is 0 Å². The number of nitrogens with zero attached hydrogens (tertiary/aromatic N) is 2. The van der Waals surface area contributed by atoms with E-state index in [0.717, 1.165) is 12.4 Å². The monoisotopic (exact) mass is 264 g/mol. The first-order valence-corrected chi connectivity index (χ1v) is 6.86. The van der Waals surface area contributed by atoms with E-state index in [1.165, 1.54) is 32.1 Å². The second-order valence-electron chi connectivity index (χ2n) is 5.38. The molecular formula is C13H20N4S. The lowest BCUT2D eigenvalue weighted by Gasteiger charge is -2.33. The molecule has 1 aromatic heterocycles. The number of thiocarbonyl (C=S) groups is 1. The van der Waals surface area contributed by atoms with Crippen molar-refractivity contribution in [2.75, 3.05) is 11.9 Å². The summed E-state index contributed by atoms with van der Waals surface area (Å²) in [4.78, 5) is 8.73. The van der Waals surface area contributed by atoms with Gasteiger partial charge in [-0.15, -0.1) is 0 Å². The lowest BCUT2D eigenvalue weighted by atomic mass is 9.76. The van der Waals surface area contributed by atoms with Gasteiger partial charge in [-0.05, 0) is 18.3 Å². The summed E-state index contributed by atoms with van der Waals surface area (Å²) in [5.74, 6) is 0.793. The van der Waals surface area contributed by atoms with Crippen molar-refractivity contribution >= 4 is 23.0 Å². The van der Waals surface area contributed by atoms with Crippen LogP contribution in [0.3, 0.4) is 0 Å². The van der Waals surface area contributed by atoms with Gasteiger partial charge in [-0.3, -0.25) is 0 Å². The zero-order valence-corrected chi connectivity index (χ0v) is 11.6. The molecule has 1 heterocycles. The van der Waals surface area contributed by atoms with Crippen LogP contribution in [0.1, 0.15) is 44.7 Å². The van der Waals surface area contributed by atoms with Gasteiger partial charge in [-0.1, -0.05) is 38.4 Å². The molecule has 1 aliphatic carbocycles. The molecule has 0 saturated heterocycles. The molecule has 4 nitrogen and oxygen atoms in total. The second-order valence-corrected chi connectivity index (χ2v) is 5.82. The van der Waals surface area contributed by atoms with Crippen molar-refractivity contribution < 1.29 is 0 Å². The normalized spacial score (nSPS) is 18.3. The highest BCUT2D eigenvalue weighted by atomic mass is 32.1. The van der Waals surface area contributed by atoms with Crippen molar-refractivity contribution in [2.24, 2.45) is 11.1 Å². The minimum Gasteiger partial charge on any atom is -0.388 e. The lowest BCUT2D eigenvalue weighted by Crippen LogP contribution is -2.29. The summed E-state index contributed by atoms with van der Waals surface area (Å²) in [7, 11) is 0. The topological polar surface area (TPSA) is 63.8 Å². The Morgan fingerprint density at radius 3 is 2.61 bits per heavy atom. The zero-order valence-electron chi connectivity index (χ0n) is 10.8. The van der Waals surface area contributed by atoms with Gasteiger partial charge in [0, 0.05) is 6.54 Å². The quantitative estimate of drug-likeness (QED) is 0.818. The van der Waals surface area contributed by atoms with Crippen LogP contribution >= 0.6 is 12.2 Å². The summed E-state index contributed by atoms with van der Waals surface area (Å²) in [6.07, 6.45) is 9.94. The van der Waals surface area contributed by atoms with Crippen LogP contribution < -0.4 is 11.1 Å². The fraction of sp³-hybridized carbons (Fsp3) is 0.615. The van der Waals surface area contributed by atoms with Crippen LogP contribution in [0.5, 0.6) is 0 Å². The van der Waals surface area contributed by atoms with Gasteiger partial charge < -0.3 is 11.1 Å². The molecule has 1 fully saturated rings. The Bertz CT molecular complexity index is 410. The predicted octanol–water partition coefficient (Wildman–Crippen LogP) is 2.49. The predicted molar refractivity (Wildman–Crippen MR) is 77.6 cm³/mol. The van der Waals surface area contributed by atoms with E-state index in [0.29, 0.717) is 11.1 Å². The van der Waals surface area contributed by atoms with Crippen LogP contribution in [-0.2, 0) is 0 Å². The number of anilines is 1. The maximum Gasteiger partial charge on any atom is 0.144 e. The number of aromatic nitrogens is 2. The Morgan fingerprint density at radius 1 is 1.33 bits per heavy atom. The highest BCUT2D eigenvalue weighted by Crippen LogP contribution is 2.35. The molecule has 3 N–H and O–H groups in total. The Hall–Kier alpha value is -1.23. The van der Waals surface area contributed by atoms with Crippen molar-refractivity contribution in [2.45, 2.75) is 39.0 Å². The molecule has 0 bridgehead atoms. The van der Waals surface area contributed by atoms with Crippen LogP contribution in [0.4, 0.5) is 5.82 Å². The SMILES string of the molecule is CC1(CNc2cnc(C(N)=S)cn2)CCCCC1. The van der Waals surface area contributed by atoms with Gasteiger partial charge in [-0.25, -0.2) is 9.97 Å². The largest absolute Gasteiger partial charge is 0.388 e. The number of hydrogen-bond donors (Lipinski definition) is 2. The minimum absolute atomic E-state index is 0.285. The first-order chi connectivity index (χ1) is 8.59. The summed E-state index contributed by atoms with van der Waals surface area (Å²) in [6.45, 7) is 3.30. The first kappa shape index (κ1) is 13.2. The molecule has 1 saturated carbocycles. The van der Waals surface area contributed by atoms with Gasteiger partial charge in [0.05, 0.1) is 12.4 Å². The van der Waals surface area contributed by atoms with E-state index in [1.54, 1.807) is 12.4 Å². The van der Waals surface area contributed by atoms with E-state index in [4.69, 9.17) is 18.0 Å². The molecule has 0 spiro atoms.